The molecular formula is C15H18N2O2S. The molecule has 106 valence electrons. The van der Waals surface area contributed by atoms with Crippen molar-refractivity contribution in [2.75, 3.05) is 0 Å². The van der Waals surface area contributed by atoms with Crippen molar-refractivity contribution in [3.8, 4) is 0 Å². The van der Waals surface area contributed by atoms with Gasteiger partial charge in [0.15, 0.2) is 14.9 Å². The monoisotopic (exact) mass is 290 g/mol. The molecule has 2 heterocycles. The lowest BCUT2D eigenvalue weighted by molar-refractivity contribution is 0.583. The molecule has 0 aromatic carbocycles. The first-order chi connectivity index (χ1) is 9.29. The van der Waals surface area contributed by atoms with Gasteiger partial charge in [-0.3, -0.25) is 4.98 Å². The fourth-order valence-corrected chi connectivity index (χ4v) is 3.05. The van der Waals surface area contributed by atoms with Crippen molar-refractivity contribution >= 4 is 9.84 Å². The number of aromatic nitrogens is 2. The van der Waals surface area contributed by atoms with Gasteiger partial charge in [-0.25, -0.2) is 13.4 Å². The smallest absolute Gasteiger partial charge is 0.199 e. The Morgan fingerprint density at radius 1 is 1.15 bits per heavy atom. The van der Waals surface area contributed by atoms with E-state index in [4.69, 9.17) is 0 Å². The summed E-state index contributed by atoms with van der Waals surface area (Å²) in [7, 11) is -3.43. The molecule has 5 heteroatoms. The van der Waals surface area contributed by atoms with Crippen LogP contribution in [0.3, 0.4) is 0 Å². The van der Waals surface area contributed by atoms with Crippen LogP contribution in [0.1, 0.15) is 31.9 Å². The first kappa shape index (κ1) is 14.7. The summed E-state index contributed by atoms with van der Waals surface area (Å²) in [5, 5.41) is 0.0983. The van der Waals surface area contributed by atoms with E-state index < -0.39 is 9.84 Å². The van der Waals surface area contributed by atoms with Gasteiger partial charge >= 0.3 is 0 Å². The van der Waals surface area contributed by atoms with Gasteiger partial charge in [0.25, 0.3) is 0 Å². The fourth-order valence-electron chi connectivity index (χ4n) is 1.80. The molecule has 4 nitrogen and oxygen atoms in total. The minimum Gasteiger partial charge on any atom is -0.264 e. The van der Waals surface area contributed by atoms with Crippen LogP contribution >= 0.6 is 0 Å². The maximum Gasteiger partial charge on any atom is 0.199 e. The summed E-state index contributed by atoms with van der Waals surface area (Å²) in [5.74, 6) is -0.0824. The summed E-state index contributed by atoms with van der Waals surface area (Å²) in [4.78, 5) is 8.05. The van der Waals surface area contributed by atoms with Crippen LogP contribution in [0.2, 0.25) is 0 Å². The second-order valence-electron chi connectivity index (χ2n) is 5.76. The lowest BCUT2D eigenvalue weighted by Gasteiger charge is -2.19. The fraction of sp³-hybridized carbons (Fsp3) is 0.333. The highest BCUT2D eigenvalue weighted by molar-refractivity contribution is 7.90. The molecular weight excluding hydrogens is 272 g/mol. The Morgan fingerprint density at radius 3 is 2.50 bits per heavy atom. The van der Waals surface area contributed by atoms with Gasteiger partial charge in [-0.2, -0.15) is 0 Å². The second-order valence-corrected chi connectivity index (χ2v) is 7.70. The van der Waals surface area contributed by atoms with Crippen molar-refractivity contribution in [3.63, 3.8) is 0 Å². The van der Waals surface area contributed by atoms with E-state index in [1.807, 2.05) is 6.07 Å². The van der Waals surface area contributed by atoms with E-state index in [1.165, 1.54) is 12.3 Å². The molecule has 0 fully saturated rings. The number of sulfone groups is 1. The van der Waals surface area contributed by atoms with Crippen LogP contribution in [0.4, 0.5) is 0 Å². The maximum atomic E-state index is 12.3. The molecule has 0 saturated carbocycles. The van der Waals surface area contributed by atoms with Gasteiger partial charge in [-0.1, -0.05) is 32.9 Å². The highest BCUT2D eigenvalue weighted by Crippen LogP contribution is 2.23. The summed E-state index contributed by atoms with van der Waals surface area (Å²) in [6.07, 6.45) is 4.85. The number of pyridine rings is 2. The average molecular weight is 290 g/mol. The van der Waals surface area contributed by atoms with Gasteiger partial charge in [-0.15, -0.1) is 0 Å². The zero-order valence-electron chi connectivity index (χ0n) is 11.9. The Hall–Kier alpha value is -1.75. The lowest BCUT2D eigenvalue weighted by Crippen LogP contribution is -2.13. The normalized spacial score (nSPS) is 12.3. The Kier molecular flexibility index (Phi) is 3.90. The summed E-state index contributed by atoms with van der Waals surface area (Å²) in [6, 6.07) is 6.77. The van der Waals surface area contributed by atoms with Crippen LogP contribution in [0.15, 0.2) is 47.9 Å². The number of rotatable bonds is 3. The summed E-state index contributed by atoms with van der Waals surface area (Å²) in [5.41, 5.74) is 1.65. The Morgan fingerprint density at radius 2 is 1.90 bits per heavy atom. The van der Waals surface area contributed by atoms with E-state index in [0.717, 1.165) is 5.56 Å². The van der Waals surface area contributed by atoms with Crippen molar-refractivity contribution in [1.29, 1.82) is 0 Å². The predicted octanol–water partition coefficient (Wildman–Crippen LogP) is 2.75. The molecule has 2 rings (SSSR count). The molecule has 0 spiro atoms. The van der Waals surface area contributed by atoms with E-state index in [-0.39, 0.29) is 16.2 Å². The van der Waals surface area contributed by atoms with Crippen molar-refractivity contribution in [2.24, 2.45) is 0 Å². The quantitative estimate of drug-likeness (QED) is 0.872. The van der Waals surface area contributed by atoms with Gasteiger partial charge in [0, 0.05) is 18.6 Å². The third kappa shape index (κ3) is 3.42. The standard InChI is InChI=1S/C15H18N2O2S/c1-15(2,3)13-8-12(9-16-10-13)11-20(18,19)14-6-4-5-7-17-14/h4-10H,11H2,1-3H3. The van der Waals surface area contributed by atoms with Gasteiger partial charge < -0.3 is 0 Å². The minimum absolute atomic E-state index is 0.0578. The molecule has 0 aliphatic rings. The SMILES string of the molecule is CC(C)(C)c1cncc(CS(=O)(=O)c2ccccn2)c1. The third-order valence-corrected chi connectivity index (χ3v) is 4.57. The van der Waals surface area contributed by atoms with Gasteiger partial charge in [0.2, 0.25) is 0 Å². The Labute approximate surface area is 119 Å². The molecule has 0 amide bonds. The summed E-state index contributed by atoms with van der Waals surface area (Å²) in [6.45, 7) is 6.21. The topological polar surface area (TPSA) is 59.9 Å². The molecule has 0 unspecified atom stereocenters. The van der Waals surface area contributed by atoms with Crippen LogP contribution < -0.4 is 0 Å². The van der Waals surface area contributed by atoms with Gasteiger partial charge in [0.05, 0.1) is 5.75 Å². The molecule has 0 bridgehead atoms. The van der Waals surface area contributed by atoms with Crippen LogP contribution in [0.5, 0.6) is 0 Å². The highest BCUT2D eigenvalue weighted by Gasteiger charge is 2.19. The average Bonchev–Trinajstić information content (AvgIpc) is 2.38. The number of hydrogen-bond acceptors (Lipinski definition) is 4. The molecule has 2 aromatic heterocycles. The molecule has 0 saturated heterocycles. The van der Waals surface area contributed by atoms with Crippen LogP contribution in [0.25, 0.3) is 0 Å². The van der Waals surface area contributed by atoms with Gasteiger partial charge in [-0.05, 0) is 28.7 Å². The van der Waals surface area contributed by atoms with Crippen LogP contribution in [-0.2, 0) is 21.0 Å². The van der Waals surface area contributed by atoms with E-state index >= 15 is 0 Å². The minimum atomic E-state index is -3.43. The molecule has 0 N–H and O–H groups in total. The number of hydrogen-bond donors (Lipinski definition) is 0. The first-order valence-corrected chi connectivity index (χ1v) is 8.02. The van der Waals surface area contributed by atoms with E-state index in [0.29, 0.717) is 5.56 Å². The van der Waals surface area contributed by atoms with E-state index in [2.05, 4.69) is 30.7 Å². The van der Waals surface area contributed by atoms with Crippen molar-refractivity contribution in [1.82, 2.24) is 9.97 Å². The third-order valence-electron chi connectivity index (χ3n) is 2.97. The molecule has 0 radical (unpaired) electrons. The largest absolute Gasteiger partial charge is 0.264 e. The molecule has 20 heavy (non-hydrogen) atoms. The molecule has 0 atom stereocenters. The molecule has 0 aliphatic heterocycles. The second kappa shape index (κ2) is 5.32. The van der Waals surface area contributed by atoms with E-state index in [9.17, 15) is 8.42 Å². The lowest BCUT2D eigenvalue weighted by atomic mass is 9.88. The van der Waals surface area contributed by atoms with Gasteiger partial charge in [0.1, 0.15) is 0 Å². The molecule has 0 aliphatic carbocycles. The summed E-state index contributed by atoms with van der Waals surface area (Å²) >= 11 is 0. The molecule has 2 aromatic rings. The Balaban J connectivity index is 2.31. The van der Waals surface area contributed by atoms with Crippen molar-refractivity contribution in [2.45, 2.75) is 37.0 Å². The Bertz CT molecular complexity index is 689. The van der Waals surface area contributed by atoms with Crippen LogP contribution in [0, 0.1) is 0 Å². The zero-order chi connectivity index (χ0) is 14.8. The van der Waals surface area contributed by atoms with Crippen molar-refractivity contribution in [3.05, 3.63) is 54.0 Å². The van der Waals surface area contributed by atoms with E-state index in [1.54, 1.807) is 24.5 Å². The number of nitrogens with zero attached hydrogens (tertiary/aromatic N) is 2. The zero-order valence-corrected chi connectivity index (χ0v) is 12.7. The van der Waals surface area contributed by atoms with Crippen molar-refractivity contribution < 1.29 is 8.42 Å². The summed E-state index contributed by atoms with van der Waals surface area (Å²) < 4.78 is 24.5. The predicted molar refractivity (Wildman–Crippen MR) is 78.1 cm³/mol. The maximum absolute atomic E-state index is 12.3. The highest BCUT2D eigenvalue weighted by atomic mass is 32.2. The van der Waals surface area contributed by atoms with Crippen LogP contribution in [-0.4, -0.2) is 18.4 Å². The first-order valence-electron chi connectivity index (χ1n) is 6.37.